The zero-order valence-electron chi connectivity index (χ0n) is 12.7. The van der Waals surface area contributed by atoms with Crippen molar-refractivity contribution in [2.45, 2.75) is 43.6 Å². The van der Waals surface area contributed by atoms with Crippen LogP contribution in [0.5, 0.6) is 0 Å². The number of hydrogen-bond acceptors (Lipinski definition) is 4. The molecule has 2 aromatic rings. The first kappa shape index (κ1) is 15.6. The first-order chi connectivity index (χ1) is 9.85. The van der Waals surface area contributed by atoms with Gasteiger partial charge >= 0.3 is 0 Å². The summed E-state index contributed by atoms with van der Waals surface area (Å²) in [6.45, 7) is 7.73. The van der Waals surface area contributed by atoms with E-state index in [-0.39, 0.29) is 16.7 Å². The summed E-state index contributed by atoms with van der Waals surface area (Å²) in [6, 6.07) is 9.78. The molecular weight excluding hydrogens is 284 g/mol. The molecule has 1 aromatic carbocycles. The minimum absolute atomic E-state index is 0.0152. The predicted octanol–water partition coefficient (Wildman–Crippen LogP) is 2.87. The van der Waals surface area contributed by atoms with Crippen LogP contribution >= 0.6 is 11.8 Å². The molecule has 0 fully saturated rings. The molecular formula is C15H20N4OS. The van der Waals surface area contributed by atoms with Crippen molar-refractivity contribution >= 4 is 17.7 Å². The number of rotatable bonds is 4. The van der Waals surface area contributed by atoms with E-state index < -0.39 is 0 Å². The van der Waals surface area contributed by atoms with Crippen molar-refractivity contribution in [1.29, 1.82) is 0 Å². The van der Waals surface area contributed by atoms with Gasteiger partial charge in [0.1, 0.15) is 0 Å². The van der Waals surface area contributed by atoms with Gasteiger partial charge in [-0.25, -0.2) is 4.98 Å². The minimum atomic E-state index is -0.247. The third kappa shape index (κ3) is 4.60. The van der Waals surface area contributed by atoms with Gasteiger partial charge in [-0.1, -0.05) is 42.1 Å². The van der Waals surface area contributed by atoms with Crippen LogP contribution in [0.2, 0.25) is 0 Å². The second-order valence-corrected chi connectivity index (χ2v) is 7.14. The van der Waals surface area contributed by atoms with Crippen molar-refractivity contribution in [1.82, 2.24) is 20.5 Å². The Labute approximate surface area is 128 Å². The van der Waals surface area contributed by atoms with E-state index in [1.165, 1.54) is 11.8 Å². The van der Waals surface area contributed by atoms with E-state index in [9.17, 15) is 4.79 Å². The van der Waals surface area contributed by atoms with E-state index in [1.54, 1.807) is 0 Å². The van der Waals surface area contributed by atoms with E-state index in [0.717, 1.165) is 5.56 Å². The van der Waals surface area contributed by atoms with Gasteiger partial charge in [-0.05, 0) is 27.7 Å². The maximum Gasteiger partial charge on any atom is 0.233 e. The van der Waals surface area contributed by atoms with E-state index in [0.29, 0.717) is 11.0 Å². The van der Waals surface area contributed by atoms with E-state index in [2.05, 4.69) is 20.5 Å². The number of benzene rings is 1. The van der Waals surface area contributed by atoms with Gasteiger partial charge in [0.25, 0.3) is 0 Å². The van der Waals surface area contributed by atoms with E-state index in [4.69, 9.17) is 0 Å². The molecule has 2 rings (SSSR count). The highest BCUT2D eigenvalue weighted by atomic mass is 32.2. The summed E-state index contributed by atoms with van der Waals surface area (Å²) in [5.74, 6) is 0.695. The Morgan fingerprint density at radius 1 is 1.29 bits per heavy atom. The van der Waals surface area contributed by atoms with Crippen LogP contribution in [-0.4, -0.2) is 31.9 Å². The zero-order valence-corrected chi connectivity index (χ0v) is 13.5. The molecule has 5 nitrogen and oxygen atoms in total. The number of carbonyl (C=O) groups is 1. The summed E-state index contributed by atoms with van der Waals surface area (Å²) in [5.41, 5.74) is 0.740. The molecule has 0 aliphatic heterocycles. The smallest absolute Gasteiger partial charge is 0.233 e. The first-order valence-electron chi connectivity index (χ1n) is 6.82. The number of thioether (sulfide) groups is 1. The van der Waals surface area contributed by atoms with Crippen molar-refractivity contribution in [3.63, 3.8) is 0 Å². The lowest BCUT2D eigenvalue weighted by Gasteiger charge is -2.22. The molecule has 0 radical (unpaired) electrons. The molecule has 0 aliphatic carbocycles. The lowest BCUT2D eigenvalue weighted by molar-refractivity contribution is -0.121. The lowest BCUT2D eigenvalue weighted by Crippen LogP contribution is -2.44. The van der Waals surface area contributed by atoms with Crippen LogP contribution in [0.3, 0.4) is 0 Å². The number of carbonyl (C=O) groups excluding carboxylic acids is 1. The number of amides is 1. The fourth-order valence-electron chi connectivity index (χ4n) is 1.71. The molecule has 21 heavy (non-hydrogen) atoms. The summed E-state index contributed by atoms with van der Waals surface area (Å²) in [7, 11) is 0. The van der Waals surface area contributed by atoms with Gasteiger partial charge in [-0.3, -0.25) is 9.89 Å². The second-order valence-electron chi connectivity index (χ2n) is 5.83. The Morgan fingerprint density at radius 3 is 2.57 bits per heavy atom. The molecule has 112 valence electrons. The van der Waals surface area contributed by atoms with Crippen LogP contribution < -0.4 is 5.32 Å². The maximum atomic E-state index is 12.0. The van der Waals surface area contributed by atoms with Gasteiger partial charge in [-0.15, -0.1) is 5.10 Å². The molecule has 0 unspecified atom stereocenters. The molecule has 0 aliphatic rings. The fraction of sp³-hybridized carbons (Fsp3) is 0.400. The highest BCUT2D eigenvalue weighted by Crippen LogP contribution is 2.22. The zero-order chi connectivity index (χ0) is 15.5. The molecule has 1 atom stereocenters. The molecule has 0 saturated heterocycles. The summed E-state index contributed by atoms with van der Waals surface area (Å²) in [6.07, 6.45) is 0. The van der Waals surface area contributed by atoms with Crippen LogP contribution in [0.1, 0.15) is 27.7 Å². The summed E-state index contributed by atoms with van der Waals surface area (Å²) in [5, 5.41) is 10.3. The van der Waals surface area contributed by atoms with Crippen molar-refractivity contribution in [2.75, 3.05) is 0 Å². The first-order valence-corrected chi connectivity index (χ1v) is 7.69. The lowest BCUT2D eigenvalue weighted by atomic mass is 10.1. The highest BCUT2D eigenvalue weighted by Gasteiger charge is 2.21. The Hall–Kier alpha value is -1.82. The Morgan fingerprint density at radius 2 is 1.95 bits per heavy atom. The Bertz CT molecular complexity index is 604. The minimum Gasteiger partial charge on any atom is -0.351 e. The number of hydrogen-bond donors (Lipinski definition) is 2. The average Bonchev–Trinajstić information content (AvgIpc) is 2.86. The standard InChI is InChI=1S/C15H20N4OS/c1-10(13(20)17-15(2,3)4)21-14-16-12(18-19-14)11-8-6-5-7-9-11/h5-10H,1-4H3,(H,17,20)(H,16,18,19)/t10-/m1/s1. The van der Waals surface area contributed by atoms with Crippen LogP contribution in [0.25, 0.3) is 11.4 Å². The number of nitrogens with zero attached hydrogens (tertiary/aromatic N) is 2. The molecule has 6 heteroatoms. The Balaban J connectivity index is 2.01. The second kappa shape index (κ2) is 6.30. The van der Waals surface area contributed by atoms with Crippen LogP contribution in [-0.2, 0) is 4.79 Å². The number of H-pyrrole nitrogens is 1. The molecule has 1 aromatic heterocycles. The van der Waals surface area contributed by atoms with Crippen molar-refractivity contribution in [3.05, 3.63) is 30.3 Å². The van der Waals surface area contributed by atoms with Gasteiger partial charge in [0.15, 0.2) is 5.82 Å². The molecule has 1 amide bonds. The quantitative estimate of drug-likeness (QED) is 0.852. The Kier molecular flexibility index (Phi) is 4.67. The maximum absolute atomic E-state index is 12.0. The highest BCUT2D eigenvalue weighted by molar-refractivity contribution is 8.00. The van der Waals surface area contributed by atoms with Gasteiger partial charge in [0, 0.05) is 11.1 Å². The molecule has 1 heterocycles. The molecule has 0 bridgehead atoms. The van der Waals surface area contributed by atoms with Crippen LogP contribution in [0.4, 0.5) is 0 Å². The van der Waals surface area contributed by atoms with Crippen LogP contribution in [0.15, 0.2) is 35.5 Å². The largest absolute Gasteiger partial charge is 0.351 e. The third-order valence-electron chi connectivity index (χ3n) is 2.66. The summed E-state index contributed by atoms with van der Waals surface area (Å²) in [4.78, 5) is 16.5. The van der Waals surface area contributed by atoms with Crippen molar-refractivity contribution < 1.29 is 4.79 Å². The van der Waals surface area contributed by atoms with Gasteiger partial charge in [0.05, 0.1) is 5.25 Å². The third-order valence-corrected chi connectivity index (χ3v) is 3.62. The molecule has 0 spiro atoms. The topological polar surface area (TPSA) is 70.7 Å². The predicted molar refractivity (Wildman–Crippen MR) is 85.0 cm³/mol. The van der Waals surface area contributed by atoms with E-state index >= 15 is 0 Å². The van der Waals surface area contributed by atoms with Gasteiger partial charge in [0.2, 0.25) is 11.1 Å². The van der Waals surface area contributed by atoms with Crippen LogP contribution in [0, 0.1) is 0 Å². The van der Waals surface area contributed by atoms with Gasteiger partial charge < -0.3 is 5.32 Å². The summed E-state index contributed by atoms with van der Waals surface area (Å²) < 4.78 is 0. The number of aromatic amines is 1. The van der Waals surface area contributed by atoms with Crippen molar-refractivity contribution in [2.24, 2.45) is 0 Å². The molecule has 2 N–H and O–H groups in total. The van der Waals surface area contributed by atoms with E-state index in [1.807, 2.05) is 58.0 Å². The summed E-state index contributed by atoms with van der Waals surface area (Å²) >= 11 is 1.34. The average molecular weight is 304 g/mol. The van der Waals surface area contributed by atoms with Gasteiger partial charge in [-0.2, -0.15) is 0 Å². The monoisotopic (exact) mass is 304 g/mol. The SMILES string of the molecule is C[C@@H](Sc1n[nH]c(-c2ccccc2)n1)C(=O)NC(C)(C)C. The fourth-order valence-corrected chi connectivity index (χ4v) is 2.43. The van der Waals surface area contributed by atoms with Crippen molar-refractivity contribution in [3.8, 4) is 11.4 Å². The number of nitrogens with one attached hydrogen (secondary N) is 2. The normalized spacial score (nSPS) is 13.0. The molecule has 0 saturated carbocycles. The number of aromatic nitrogens is 3.